The van der Waals surface area contributed by atoms with Gasteiger partial charge in [0.05, 0.1) is 12.5 Å². The molecule has 0 aliphatic carbocycles. The smallest absolute Gasteiger partial charge is 0.224 e. The van der Waals surface area contributed by atoms with E-state index in [-0.39, 0.29) is 17.7 Å². The number of aromatic hydroxyl groups is 1. The molecule has 2 aromatic rings. The van der Waals surface area contributed by atoms with Crippen LogP contribution in [0.4, 0.5) is 0 Å². The molecule has 1 amide bonds. The van der Waals surface area contributed by atoms with Crippen molar-refractivity contribution >= 4 is 17.2 Å². The SMILES string of the molecule is CCCC(NC(=O)Cc1cccc(O)c1)c1cccs1. The highest BCUT2D eigenvalue weighted by molar-refractivity contribution is 7.10. The topological polar surface area (TPSA) is 49.3 Å². The van der Waals surface area contributed by atoms with Gasteiger partial charge in [0.2, 0.25) is 5.91 Å². The Labute approximate surface area is 123 Å². The third-order valence-electron chi connectivity index (χ3n) is 3.07. The fourth-order valence-electron chi connectivity index (χ4n) is 2.16. The maximum Gasteiger partial charge on any atom is 0.224 e. The van der Waals surface area contributed by atoms with E-state index in [1.807, 2.05) is 17.5 Å². The molecule has 1 atom stereocenters. The molecule has 1 heterocycles. The number of nitrogens with one attached hydrogen (secondary N) is 1. The molecule has 0 spiro atoms. The van der Waals surface area contributed by atoms with Crippen molar-refractivity contribution in [2.45, 2.75) is 32.2 Å². The van der Waals surface area contributed by atoms with E-state index >= 15 is 0 Å². The van der Waals surface area contributed by atoms with Gasteiger partial charge in [0.1, 0.15) is 5.75 Å². The zero-order valence-electron chi connectivity index (χ0n) is 11.5. The van der Waals surface area contributed by atoms with Crippen molar-refractivity contribution in [3.05, 3.63) is 52.2 Å². The van der Waals surface area contributed by atoms with Gasteiger partial charge in [0.25, 0.3) is 0 Å². The fourth-order valence-corrected chi connectivity index (χ4v) is 2.97. The number of hydrogen-bond donors (Lipinski definition) is 2. The Bertz CT molecular complexity index is 551. The lowest BCUT2D eigenvalue weighted by atomic mass is 10.1. The second-order valence-corrected chi connectivity index (χ2v) is 5.75. The lowest BCUT2D eigenvalue weighted by Gasteiger charge is -2.16. The molecule has 0 aliphatic heterocycles. The van der Waals surface area contributed by atoms with Crippen molar-refractivity contribution in [3.8, 4) is 5.75 Å². The molecule has 1 aromatic heterocycles. The minimum atomic E-state index is -0.0116. The summed E-state index contributed by atoms with van der Waals surface area (Å²) in [5, 5.41) is 14.5. The molecule has 0 saturated heterocycles. The third kappa shape index (κ3) is 4.10. The summed E-state index contributed by atoms with van der Waals surface area (Å²) in [6.45, 7) is 2.11. The summed E-state index contributed by atoms with van der Waals surface area (Å²) in [6, 6.07) is 11.0. The van der Waals surface area contributed by atoms with E-state index in [0.29, 0.717) is 6.42 Å². The molecule has 0 fully saturated rings. The van der Waals surface area contributed by atoms with Crippen LogP contribution >= 0.6 is 11.3 Å². The number of carbonyl (C=O) groups excluding carboxylic acids is 1. The summed E-state index contributed by atoms with van der Waals surface area (Å²) in [5.74, 6) is 0.182. The van der Waals surface area contributed by atoms with Crippen molar-refractivity contribution in [1.82, 2.24) is 5.32 Å². The molecule has 106 valence electrons. The Morgan fingerprint density at radius 2 is 2.20 bits per heavy atom. The summed E-state index contributed by atoms with van der Waals surface area (Å²) in [7, 11) is 0. The lowest BCUT2D eigenvalue weighted by molar-refractivity contribution is -0.121. The fraction of sp³-hybridized carbons (Fsp3) is 0.312. The number of phenolic OH excluding ortho intramolecular Hbond substituents is 1. The number of phenols is 1. The molecule has 1 aromatic carbocycles. The molecule has 3 nitrogen and oxygen atoms in total. The van der Waals surface area contributed by atoms with Gasteiger partial charge in [0.15, 0.2) is 0 Å². The van der Waals surface area contributed by atoms with E-state index in [0.717, 1.165) is 18.4 Å². The van der Waals surface area contributed by atoms with E-state index in [1.54, 1.807) is 29.5 Å². The minimum Gasteiger partial charge on any atom is -0.508 e. The zero-order chi connectivity index (χ0) is 14.4. The van der Waals surface area contributed by atoms with Crippen LogP contribution in [-0.4, -0.2) is 11.0 Å². The van der Waals surface area contributed by atoms with Crippen LogP contribution in [0.15, 0.2) is 41.8 Å². The van der Waals surface area contributed by atoms with E-state index in [4.69, 9.17) is 0 Å². The first-order valence-corrected chi connectivity index (χ1v) is 7.67. The summed E-state index contributed by atoms with van der Waals surface area (Å²) >= 11 is 1.67. The van der Waals surface area contributed by atoms with Gasteiger partial charge in [-0.15, -0.1) is 11.3 Å². The molecule has 2 rings (SSSR count). The molecule has 0 aliphatic rings. The molecule has 0 radical (unpaired) electrons. The summed E-state index contributed by atoms with van der Waals surface area (Å²) in [6.07, 6.45) is 2.25. The van der Waals surface area contributed by atoms with Crippen molar-refractivity contribution in [3.63, 3.8) is 0 Å². The quantitative estimate of drug-likeness (QED) is 0.852. The monoisotopic (exact) mass is 289 g/mol. The van der Waals surface area contributed by atoms with E-state index in [1.165, 1.54) is 4.88 Å². The lowest BCUT2D eigenvalue weighted by Crippen LogP contribution is -2.29. The number of rotatable bonds is 6. The standard InChI is InChI=1S/C16H19NO2S/c1-2-5-14(15-8-4-9-20-15)17-16(19)11-12-6-3-7-13(18)10-12/h3-4,6-10,14,18H,2,5,11H2,1H3,(H,17,19). The van der Waals surface area contributed by atoms with E-state index in [9.17, 15) is 9.90 Å². The van der Waals surface area contributed by atoms with Crippen LogP contribution < -0.4 is 5.32 Å². The number of hydrogen-bond acceptors (Lipinski definition) is 3. The molecule has 2 N–H and O–H groups in total. The Balaban J connectivity index is 1.98. The van der Waals surface area contributed by atoms with Crippen LogP contribution in [-0.2, 0) is 11.2 Å². The van der Waals surface area contributed by atoms with Gasteiger partial charge in [-0.3, -0.25) is 4.79 Å². The van der Waals surface area contributed by atoms with Gasteiger partial charge < -0.3 is 10.4 Å². The van der Waals surface area contributed by atoms with Crippen LogP contribution in [0.5, 0.6) is 5.75 Å². The zero-order valence-corrected chi connectivity index (χ0v) is 12.3. The molecular weight excluding hydrogens is 270 g/mol. The van der Waals surface area contributed by atoms with E-state index < -0.39 is 0 Å². The summed E-state index contributed by atoms with van der Waals surface area (Å²) in [5.41, 5.74) is 0.823. The van der Waals surface area contributed by atoms with Gasteiger partial charge in [-0.1, -0.05) is 31.5 Å². The van der Waals surface area contributed by atoms with Gasteiger partial charge in [-0.05, 0) is 35.6 Å². The largest absolute Gasteiger partial charge is 0.508 e. The predicted octanol–water partition coefficient (Wildman–Crippen LogP) is 3.65. The van der Waals surface area contributed by atoms with Gasteiger partial charge >= 0.3 is 0 Å². The van der Waals surface area contributed by atoms with Gasteiger partial charge in [-0.2, -0.15) is 0 Å². The van der Waals surface area contributed by atoms with Crippen molar-refractivity contribution in [2.24, 2.45) is 0 Å². The Morgan fingerprint density at radius 1 is 1.35 bits per heavy atom. The van der Waals surface area contributed by atoms with Crippen LogP contribution in [0, 0.1) is 0 Å². The van der Waals surface area contributed by atoms with Gasteiger partial charge in [0, 0.05) is 4.88 Å². The third-order valence-corrected chi connectivity index (χ3v) is 4.06. The molecule has 0 bridgehead atoms. The van der Waals surface area contributed by atoms with Crippen molar-refractivity contribution in [1.29, 1.82) is 0 Å². The van der Waals surface area contributed by atoms with Gasteiger partial charge in [-0.25, -0.2) is 0 Å². The maximum atomic E-state index is 12.1. The van der Waals surface area contributed by atoms with Crippen LogP contribution in [0.3, 0.4) is 0 Å². The van der Waals surface area contributed by atoms with Crippen LogP contribution in [0.1, 0.15) is 36.2 Å². The second kappa shape index (κ2) is 7.10. The Hall–Kier alpha value is -1.81. The predicted molar refractivity (Wildman–Crippen MR) is 81.9 cm³/mol. The average molecular weight is 289 g/mol. The molecule has 20 heavy (non-hydrogen) atoms. The first-order valence-electron chi connectivity index (χ1n) is 6.79. The number of carbonyl (C=O) groups is 1. The highest BCUT2D eigenvalue weighted by atomic mass is 32.1. The highest BCUT2D eigenvalue weighted by Gasteiger charge is 2.15. The average Bonchev–Trinajstić information content (AvgIpc) is 2.92. The maximum absolute atomic E-state index is 12.1. The minimum absolute atomic E-state index is 0.0116. The first kappa shape index (κ1) is 14.6. The molecule has 1 unspecified atom stereocenters. The highest BCUT2D eigenvalue weighted by Crippen LogP contribution is 2.23. The summed E-state index contributed by atoms with van der Waals surface area (Å²) < 4.78 is 0. The Morgan fingerprint density at radius 3 is 2.85 bits per heavy atom. The number of amides is 1. The number of thiophene rings is 1. The van der Waals surface area contributed by atoms with E-state index in [2.05, 4.69) is 18.3 Å². The number of benzene rings is 1. The Kier molecular flexibility index (Phi) is 5.18. The van der Waals surface area contributed by atoms with Crippen LogP contribution in [0.2, 0.25) is 0 Å². The molecular formula is C16H19NO2S. The second-order valence-electron chi connectivity index (χ2n) is 4.77. The first-order chi connectivity index (χ1) is 9.69. The van der Waals surface area contributed by atoms with Crippen molar-refractivity contribution < 1.29 is 9.90 Å². The molecule has 4 heteroatoms. The van der Waals surface area contributed by atoms with Crippen LogP contribution in [0.25, 0.3) is 0 Å². The molecule has 0 saturated carbocycles. The van der Waals surface area contributed by atoms with Crippen molar-refractivity contribution in [2.75, 3.05) is 0 Å². The normalized spacial score (nSPS) is 12.1. The summed E-state index contributed by atoms with van der Waals surface area (Å²) in [4.78, 5) is 13.3.